The second-order valence-corrected chi connectivity index (χ2v) is 5.11. The van der Waals surface area contributed by atoms with E-state index in [0.717, 1.165) is 27.7 Å². The lowest BCUT2D eigenvalue weighted by molar-refractivity contribution is -0.116. The number of nitrogens with one attached hydrogen (secondary N) is 1. The number of hydrogen-bond donors (Lipinski definition) is 1. The maximum atomic E-state index is 11.2. The van der Waals surface area contributed by atoms with Crippen molar-refractivity contribution in [2.24, 2.45) is 0 Å². The Morgan fingerprint density at radius 1 is 1.14 bits per heavy atom. The van der Waals surface area contributed by atoms with Crippen LogP contribution in [0.1, 0.15) is 23.7 Å². The Bertz CT molecular complexity index is 800. The molecule has 0 fully saturated rings. The Hall–Kier alpha value is -2.68. The Balaban J connectivity index is 1.95. The minimum absolute atomic E-state index is 0.166. The van der Waals surface area contributed by atoms with Gasteiger partial charge in [0.25, 0.3) is 0 Å². The molecule has 0 saturated heterocycles. The van der Waals surface area contributed by atoms with Crippen LogP contribution in [0.25, 0.3) is 23.1 Å². The number of benzene rings is 2. The number of H-pyrrole nitrogens is 1. The van der Waals surface area contributed by atoms with Crippen LogP contribution < -0.4 is 0 Å². The highest BCUT2D eigenvalue weighted by Gasteiger charge is 2.05. The molecule has 21 heavy (non-hydrogen) atoms. The van der Waals surface area contributed by atoms with Gasteiger partial charge in [0, 0.05) is 11.8 Å². The molecule has 0 aliphatic rings. The highest BCUT2D eigenvalue weighted by molar-refractivity contribution is 5.90. The first kappa shape index (κ1) is 13.3. The van der Waals surface area contributed by atoms with Gasteiger partial charge in [-0.05, 0) is 36.3 Å². The number of hydrogen-bond acceptors (Lipinski definition) is 2. The van der Waals surface area contributed by atoms with E-state index in [-0.39, 0.29) is 5.78 Å². The van der Waals surface area contributed by atoms with E-state index >= 15 is 0 Å². The predicted octanol–water partition coefficient (Wildman–Crippen LogP) is 3.86. The van der Waals surface area contributed by atoms with Gasteiger partial charge in [-0.3, -0.25) is 9.89 Å². The van der Waals surface area contributed by atoms with E-state index in [1.807, 2.05) is 48.6 Å². The Morgan fingerprint density at radius 2 is 1.95 bits per heavy atom. The monoisotopic (exact) mass is 276 g/mol. The highest BCUT2D eigenvalue weighted by atomic mass is 16.1. The first-order valence-corrected chi connectivity index (χ1v) is 6.92. The van der Waals surface area contributed by atoms with E-state index in [9.17, 15) is 4.79 Å². The molecular formula is C18H16N2O. The number of aromatic amines is 1. The van der Waals surface area contributed by atoms with Crippen LogP contribution >= 0.6 is 0 Å². The SMILES string of the molecule is CC(=O)Cc1ccc2n[nH]c(/C=C/c3ccccc3)c2c1. The van der Waals surface area contributed by atoms with Crippen LogP contribution in [0.2, 0.25) is 0 Å². The maximum Gasteiger partial charge on any atom is 0.134 e. The van der Waals surface area contributed by atoms with Gasteiger partial charge in [-0.2, -0.15) is 5.10 Å². The van der Waals surface area contributed by atoms with Crippen LogP contribution in [0.5, 0.6) is 0 Å². The molecule has 1 N–H and O–H groups in total. The van der Waals surface area contributed by atoms with E-state index in [1.54, 1.807) is 6.92 Å². The third kappa shape index (κ3) is 3.08. The normalized spacial score (nSPS) is 11.3. The molecule has 0 aliphatic heterocycles. The molecule has 0 saturated carbocycles. The fraction of sp³-hybridized carbons (Fsp3) is 0.111. The maximum absolute atomic E-state index is 11.2. The molecular weight excluding hydrogens is 260 g/mol. The van der Waals surface area contributed by atoms with Crippen LogP contribution in [0.3, 0.4) is 0 Å². The summed E-state index contributed by atoms with van der Waals surface area (Å²) in [6.07, 6.45) is 4.52. The van der Waals surface area contributed by atoms with E-state index in [1.165, 1.54) is 0 Å². The lowest BCUT2D eigenvalue weighted by atomic mass is 10.1. The Labute approximate surface area is 123 Å². The average Bonchev–Trinajstić information content (AvgIpc) is 2.88. The van der Waals surface area contributed by atoms with Crippen molar-refractivity contribution in [2.75, 3.05) is 0 Å². The number of fused-ring (bicyclic) bond motifs is 1. The fourth-order valence-corrected chi connectivity index (χ4v) is 2.35. The third-order valence-corrected chi connectivity index (χ3v) is 3.34. The second-order valence-electron chi connectivity index (χ2n) is 5.11. The van der Waals surface area contributed by atoms with Crippen molar-refractivity contribution < 1.29 is 4.79 Å². The first-order chi connectivity index (χ1) is 10.2. The average molecular weight is 276 g/mol. The summed E-state index contributed by atoms with van der Waals surface area (Å²) in [6.45, 7) is 1.61. The number of carbonyl (C=O) groups excluding carboxylic acids is 1. The molecule has 0 aliphatic carbocycles. The standard InChI is InChI=1S/C18H16N2O/c1-13(21)11-15-8-10-18-16(12-15)17(19-20-18)9-7-14-5-3-2-4-6-14/h2-10,12H,11H2,1H3,(H,19,20)/b9-7+. The molecule has 0 atom stereocenters. The van der Waals surface area contributed by atoms with Gasteiger partial charge in [0.1, 0.15) is 5.78 Å². The van der Waals surface area contributed by atoms with Crippen molar-refractivity contribution in [2.45, 2.75) is 13.3 Å². The summed E-state index contributed by atoms with van der Waals surface area (Å²) in [5, 5.41) is 8.38. The van der Waals surface area contributed by atoms with E-state index in [0.29, 0.717) is 6.42 Å². The molecule has 1 heterocycles. The zero-order valence-electron chi connectivity index (χ0n) is 11.8. The molecule has 0 amide bonds. The summed E-state index contributed by atoms with van der Waals surface area (Å²) in [5.41, 5.74) is 4.03. The zero-order chi connectivity index (χ0) is 14.7. The first-order valence-electron chi connectivity index (χ1n) is 6.92. The number of rotatable bonds is 4. The summed E-state index contributed by atoms with van der Waals surface area (Å²) in [6, 6.07) is 16.1. The van der Waals surface area contributed by atoms with Crippen LogP contribution in [-0.2, 0) is 11.2 Å². The molecule has 0 radical (unpaired) electrons. The van der Waals surface area contributed by atoms with Gasteiger partial charge in [0.15, 0.2) is 0 Å². The second kappa shape index (κ2) is 5.75. The highest BCUT2D eigenvalue weighted by Crippen LogP contribution is 2.20. The summed E-state index contributed by atoms with van der Waals surface area (Å²) >= 11 is 0. The molecule has 2 aromatic carbocycles. The van der Waals surface area contributed by atoms with Gasteiger partial charge in [-0.1, -0.05) is 42.5 Å². The smallest absolute Gasteiger partial charge is 0.134 e. The van der Waals surface area contributed by atoms with Crippen molar-refractivity contribution in [1.82, 2.24) is 10.2 Å². The van der Waals surface area contributed by atoms with Crippen molar-refractivity contribution in [3.8, 4) is 0 Å². The summed E-state index contributed by atoms with van der Waals surface area (Å²) in [7, 11) is 0. The number of ketones is 1. The summed E-state index contributed by atoms with van der Waals surface area (Å²) < 4.78 is 0. The molecule has 104 valence electrons. The van der Waals surface area contributed by atoms with Gasteiger partial charge >= 0.3 is 0 Å². The zero-order valence-corrected chi connectivity index (χ0v) is 11.8. The van der Waals surface area contributed by atoms with E-state index < -0.39 is 0 Å². The van der Waals surface area contributed by atoms with Gasteiger partial charge in [0.2, 0.25) is 0 Å². The van der Waals surface area contributed by atoms with Crippen molar-refractivity contribution in [3.63, 3.8) is 0 Å². The molecule has 3 rings (SSSR count). The van der Waals surface area contributed by atoms with Crippen molar-refractivity contribution >= 4 is 28.8 Å². The molecule has 3 nitrogen and oxygen atoms in total. The number of Topliss-reactive ketones (excluding diaryl/α,β-unsaturated/α-hetero) is 1. The van der Waals surface area contributed by atoms with Gasteiger partial charge in [-0.15, -0.1) is 0 Å². The fourth-order valence-electron chi connectivity index (χ4n) is 2.35. The summed E-state index contributed by atoms with van der Waals surface area (Å²) in [5.74, 6) is 0.166. The topological polar surface area (TPSA) is 45.8 Å². The molecule has 0 spiro atoms. The van der Waals surface area contributed by atoms with Crippen molar-refractivity contribution in [3.05, 3.63) is 65.4 Å². The third-order valence-electron chi connectivity index (χ3n) is 3.34. The Morgan fingerprint density at radius 3 is 2.71 bits per heavy atom. The van der Waals surface area contributed by atoms with Crippen LogP contribution in [0.15, 0.2) is 48.5 Å². The van der Waals surface area contributed by atoms with Crippen LogP contribution in [0, 0.1) is 0 Å². The number of carbonyl (C=O) groups is 1. The minimum atomic E-state index is 0.166. The van der Waals surface area contributed by atoms with Gasteiger partial charge < -0.3 is 0 Å². The number of aromatic nitrogens is 2. The molecule has 3 aromatic rings. The molecule has 1 aromatic heterocycles. The van der Waals surface area contributed by atoms with E-state index in [2.05, 4.69) is 22.3 Å². The van der Waals surface area contributed by atoms with Crippen LogP contribution in [0.4, 0.5) is 0 Å². The molecule has 0 bridgehead atoms. The quantitative estimate of drug-likeness (QED) is 0.786. The largest absolute Gasteiger partial charge is 0.300 e. The Kier molecular flexibility index (Phi) is 3.65. The number of nitrogens with zero attached hydrogens (tertiary/aromatic N) is 1. The summed E-state index contributed by atoms with van der Waals surface area (Å²) in [4.78, 5) is 11.2. The predicted molar refractivity (Wildman–Crippen MR) is 85.8 cm³/mol. The van der Waals surface area contributed by atoms with Crippen molar-refractivity contribution in [1.29, 1.82) is 0 Å². The van der Waals surface area contributed by atoms with Crippen LogP contribution in [-0.4, -0.2) is 16.0 Å². The van der Waals surface area contributed by atoms with Gasteiger partial charge in [0.05, 0.1) is 11.2 Å². The molecule has 0 unspecified atom stereocenters. The molecule has 3 heteroatoms. The van der Waals surface area contributed by atoms with E-state index in [4.69, 9.17) is 0 Å². The minimum Gasteiger partial charge on any atom is -0.300 e. The van der Waals surface area contributed by atoms with Gasteiger partial charge in [-0.25, -0.2) is 0 Å². The lowest BCUT2D eigenvalue weighted by Crippen LogP contribution is -1.95. The lowest BCUT2D eigenvalue weighted by Gasteiger charge is -1.98.